The molecule has 1 aromatic heterocycles. The highest BCUT2D eigenvalue weighted by Gasteiger charge is 2.24. The van der Waals surface area contributed by atoms with E-state index >= 15 is 0 Å². The second kappa shape index (κ2) is 8.53. The molecule has 0 aliphatic carbocycles. The van der Waals surface area contributed by atoms with Crippen LogP contribution in [0.2, 0.25) is 0 Å². The van der Waals surface area contributed by atoms with Gasteiger partial charge in [0.25, 0.3) is 0 Å². The second-order valence-corrected chi connectivity index (χ2v) is 7.26. The fourth-order valence-corrected chi connectivity index (χ4v) is 3.93. The summed E-state index contributed by atoms with van der Waals surface area (Å²) in [4.78, 5) is 27.1. The van der Waals surface area contributed by atoms with E-state index in [1.165, 1.54) is 4.57 Å². The van der Waals surface area contributed by atoms with Gasteiger partial charge in [0.1, 0.15) is 12.3 Å². The summed E-state index contributed by atoms with van der Waals surface area (Å²) in [6.07, 6.45) is 2.32. The van der Waals surface area contributed by atoms with E-state index in [2.05, 4.69) is 16.3 Å². The van der Waals surface area contributed by atoms with E-state index in [-0.39, 0.29) is 18.5 Å². The lowest BCUT2D eigenvalue weighted by Crippen LogP contribution is -2.38. The molecule has 0 bridgehead atoms. The van der Waals surface area contributed by atoms with E-state index < -0.39 is 5.76 Å². The highest BCUT2D eigenvalue weighted by atomic mass is 16.5. The molecule has 1 atom stereocenters. The largest absolute Gasteiger partial charge is 0.497 e. The van der Waals surface area contributed by atoms with Crippen molar-refractivity contribution in [3.05, 3.63) is 64.6 Å². The summed E-state index contributed by atoms with van der Waals surface area (Å²) < 4.78 is 11.9. The molecule has 1 fully saturated rings. The smallest absolute Gasteiger partial charge is 0.420 e. The lowest BCUT2D eigenvalue weighted by atomic mass is 10.0. The second-order valence-electron chi connectivity index (χ2n) is 7.26. The minimum atomic E-state index is -0.523. The van der Waals surface area contributed by atoms with Crippen molar-refractivity contribution in [2.75, 3.05) is 26.7 Å². The zero-order valence-corrected chi connectivity index (χ0v) is 16.5. The maximum Gasteiger partial charge on any atom is 0.420 e. The number of carbonyl (C=O) groups is 1. The number of methoxy groups -OCH3 is 1. The van der Waals surface area contributed by atoms with Gasteiger partial charge < -0.3 is 14.5 Å². The zero-order chi connectivity index (χ0) is 20.2. The number of carbonyl (C=O) groups excluding carboxylic acids is 1. The first-order valence-corrected chi connectivity index (χ1v) is 9.89. The Labute approximate surface area is 168 Å². The van der Waals surface area contributed by atoms with Gasteiger partial charge in [-0.15, -0.1) is 0 Å². The van der Waals surface area contributed by atoms with Crippen LogP contribution in [0.1, 0.15) is 24.4 Å². The van der Waals surface area contributed by atoms with Gasteiger partial charge in [0.15, 0.2) is 5.58 Å². The Balaban J connectivity index is 1.48. The van der Waals surface area contributed by atoms with Crippen LogP contribution in [-0.2, 0) is 11.3 Å². The average Bonchev–Trinajstić information content (AvgIpc) is 3.37. The average molecular weight is 395 g/mol. The van der Waals surface area contributed by atoms with Crippen LogP contribution >= 0.6 is 0 Å². The molecular weight excluding hydrogens is 370 g/mol. The quantitative estimate of drug-likeness (QED) is 0.665. The number of ether oxygens (including phenoxy) is 1. The van der Waals surface area contributed by atoms with Crippen molar-refractivity contribution in [2.24, 2.45) is 0 Å². The summed E-state index contributed by atoms with van der Waals surface area (Å²) in [5.74, 6) is 0.0606. The number of hydrogen-bond acceptors (Lipinski definition) is 5. The number of hydrogen-bond donors (Lipinski definition) is 1. The van der Waals surface area contributed by atoms with E-state index in [4.69, 9.17) is 9.15 Å². The molecule has 1 N–H and O–H groups in total. The van der Waals surface area contributed by atoms with Crippen LogP contribution in [-0.4, -0.2) is 42.1 Å². The summed E-state index contributed by atoms with van der Waals surface area (Å²) in [6.45, 7) is 2.41. The zero-order valence-electron chi connectivity index (χ0n) is 16.5. The van der Waals surface area contributed by atoms with Crippen LogP contribution in [0.25, 0.3) is 11.1 Å². The van der Waals surface area contributed by atoms with Crippen molar-refractivity contribution < 1.29 is 13.9 Å². The van der Waals surface area contributed by atoms with Crippen LogP contribution in [0.4, 0.5) is 0 Å². The summed E-state index contributed by atoms with van der Waals surface area (Å²) >= 11 is 0. The third-order valence-electron chi connectivity index (χ3n) is 5.43. The number of likely N-dealkylation sites (tertiary alicyclic amines) is 1. The summed E-state index contributed by atoms with van der Waals surface area (Å²) in [7, 11) is 1.65. The van der Waals surface area contributed by atoms with Crippen LogP contribution < -0.4 is 15.8 Å². The SMILES string of the molecule is COc1cccc(C(CNC(=O)Cn2c(=O)oc3ccccc32)N2CCCC2)c1. The van der Waals surface area contributed by atoms with Gasteiger partial charge in [0, 0.05) is 6.54 Å². The van der Waals surface area contributed by atoms with Crippen molar-refractivity contribution in [1.82, 2.24) is 14.8 Å². The molecule has 29 heavy (non-hydrogen) atoms. The van der Waals surface area contributed by atoms with Crippen LogP contribution in [0.3, 0.4) is 0 Å². The summed E-state index contributed by atoms with van der Waals surface area (Å²) in [5.41, 5.74) is 2.21. The Morgan fingerprint density at radius 2 is 1.97 bits per heavy atom. The molecule has 0 radical (unpaired) electrons. The Bertz CT molecular complexity index is 1050. The topological polar surface area (TPSA) is 76.7 Å². The number of benzene rings is 2. The molecule has 1 amide bonds. The number of oxazole rings is 1. The van der Waals surface area contributed by atoms with Crippen LogP contribution in [0, 0.1) is 0 Å². The maximum absolute atomic E-state index is 12.6. The lowest BCUT2D eigenvalue weighted by Gasteiger charge is -2.28. The molecule has 0 saturated carbocycles. The van der Waals surface area contributed by atoms with Gasteiger partial charge in [-0.1, -0.05) is 24.3 Å². The number of fused-ring (bicyclic) bond motifs is 1. The van der Waals surface area contributed by atoms with Crippen LogP contribution in [0.5, 0.6) is 5.75 Å². The Morgan fingerprint density at radius 1 is 1.17 bits per heavy atom. The third kappa shape index (κ3) is 4.19. The summed E-state index contributed by atoms with van der Waals surface area (Å²) in [6, 6.07) is 15.1. The Kier molecular flexibility index (Phi) is 5.67. The molecule has 1 unspecified atom stereocenters. The van der Waals surface area contributed by atoms with E-state index in [9.17, 15) is 9.59 Å². The summed E-state index contributed by atoms with van der Waals surface area (Å²) in [5, 5.41) is 3.00. The molecule has 1 aliphatic rings. The number of para-hydroxylation sites is 2. The van der Waals surface area contributed by atoms with Crippen molar-refractivity contribution in [3.63, 3.8) is 0 Å². The predicted molar refractivity (Wildman–Crippen MR) is 110 cm³/mol. The number of nitrogens with one attached hydrogen (secondary N) is 1. The van der Waals surface area contributed by atoms with E-state index in [1.807, 2.05) is 24.3 Å². The lowest BCUT2D eigenvalue weighted by molar-refractivity contribution is -0.121. The van der Waals surface area contributed by atoms with E-state index in [0.717, 1.165) is 37.2 Å². The molecule has 2 heterocycles. The monoisotopic (exact) mass is 395 g/mol. The molecule has 7 nitrogen and oxygen atoms in total. The third-order valence-corrected chi connectivity index (χ3v) is 5.43. The predicted octanol–water partition coefficient (Wildman–Crippen LogP) is 2.56. The normalized spacial score (nSPS) is 15.5. The minimum absolute atomic E-state index is 0.0642. The van der Waals surface area contributed by atoms with Gasteiger partial charge in [-0.2, -0.15) is 0 Å². The van der Waals surface area contributed by atoms with Gasteiger partial charge in [0.2, 0.25) is 5.91 Å². The highest BCUT2D eigenvalue weighted by Crippen LogP contribution is 2.27. The molecule has 7 heteroatoms. The molecule has 1 saturated heterocycles. The maximum atomic E-state index is 12.6. The van der Waals surface area contributed by atoms with Crippen LogP contribution in [0.15, 0.2) is 57.7 Å². The fraction of sp³-hybridized carbons (Fsp3) is 0.364. The number of amides is 1. The first-order chi connectivity index (χ1) is 14.2. The number of aromatic nitrogens is 1. The standard InChI is InChI=1S/C22H25N3O4/c1-28-17-8-6-7-16(13-17)19(24-11-4-5-12-24)14-23-21(26)15-25-18-9-2-3-10-20(18)29-22(25)27/h2-3,6-10,13,19H,4-5,11-12,14-15H2,1H3,(H,23,26). The molecular formula is C22H25N3O4. The molecule has 152 valence electrons. The molecule has 3 aromatic rings. The van der Waals surface area contributed by atoms with Gasteiger partial charge >= 0.3 is 5.76 Å². The van der Waals surface area contributed by atoms with Crippen molar-refractivity contribution in [1.29, 1.82) is 0 Å². The van der Waals surface area contributed by atoms with Crippen molar-refractivity contribution in [3.8, 4) is 5.75 Å². The first kappa shape index (κ1) is 19.3. The number of nitrogens with zero attached hydrogens (tertiary/aromatic N) is 2. The van der Waals surface area contributed by atoms with Gasteiger partial charge in [-0.05, 0) is 55.8 Å². The first-order valence-electron chi connectivity index (χ1n) is 9.89. The molecule has 2 aromatic carbocycles. The Morgan fingerprint density at radius 3 is 2.76 bits per heavy atom. The Hall–Kier alpha value is -3.06. The molecule has 4 rings (SSSR count). The van der Waals surface area contributed by atoms with Crippen molar-refractivity contribution in [2.45, 2.75) is 25.4 Å². The minimum Gasteiger partial charge on any atom is -0.497 e. The van der Waals surface area contributed by atoms with E-state index in [0.29, 0.717) is 17.6 Å². The number of rotatable bonds is 7. The van der Waals surface area contributed by atoms with Gasteiger partial charge in [-0.25, -0.2) is 4.79 Å². The van der Waals surface area contributed by atoms with Gasteiger partial charge in [0.05, 0.1) is 18.7 Å². The molecule has 0 spiro atoms. The van der Waals surface area contributed by atoms with Gasteiger partial charge in [-0.3, -0.25) is 14.3 Å². The highest BCUT2D eigenvalue weighted by molar-refractivity contribution is 5.79. The molecule has 1 aliphatic heterocycles. The van der Waals surface area contributed by atoms with E-state index in [1.54, 1.807) is 25.3 Å². The van der Waals surface area contributed by atoms with Crippen molar-refractivity contribution >= 4 is 17.0 Å². The fourth-order valence-electron chi connectivity index (χ4n) is 3.93.